The van der Waals surface area contributed by atoms with E-state index in [1.54, 1.807) is 11.1 Å². The molecular weight excluding hydrogens is 342 g/mol. The zero-order valence-corrected chi connectivity index (χ0v) is 16.2. The summed E-state index contributed by atoms with van der Waals surface area (Å²) in [6.07, 6.45) is 2.56. The standard InChI is InChI=1S/C19H27N7O/c1-4-25(5-2)16-6-7-17(15(3)12-16)21-19-22-18(13-20-23-19)26-10-8-24(14-27)9-11-26/h6-7,12-14H,4-5,8-11H2,1-3H3,(H,21,22,23). The van der Waals surface area contributed by atoms with Crippen LogP contribution in [0.2, 0.25) is 0 Å². The van der Waals surface area contributed by atoms with Crippen LogP contribution >= 0.6 is 0 Å². The smallest absolute Gasteiger partial charge is 0.249 e. The van der Waals surface area contributed by atoms with E-state index in [-0.39, 0.29) is 0 Å². The number of carbonyl (C=O) groups excluding carboxylic acids is 1. The van der Waals surface area contributed by atoms with Crippen LogP contribution in [0.5, 0.6) is 0 Å². The third-order valence-corrected chi connectivity index (χ3v) is 4.92. The zero-order chi connectivity index (χ0) is 19.2. The van der Waals surface area contributed by atoms with Gasteiger partial charge in [-0.3, -0.25) is 4.79 Å². The van der Waals surface area contributed by atoms with Crippen LogP contribution < -0.4 is 15.1 Å². The molecule has 1 aliphatic heterocycles. The molecule has 0 spiro atoms. The summed E-state index contributed by atoms with van der Waals surface area (Å²) in [4.78, 5) is 21.7. The lowest BCUT2D eigenvalue weighted by Crippen LogP contribution is -2.46. The number of nitrogens with zero attached hydrogens (tertiary/aromatic N) is 6. The summed E-state index contributed by atoms with van der Waals surface area (Å²) in [5, 5.41) is 11.5. The Kier molecular flexibility index (Phi) is 6.05. The van der Waals surface area contributed by atoms with E-state index in [2.05, 4.69) is 69.3 Å². The molecule has 0 saturated carbocycles. The highest BCUT2D eigenvalue weighted by Gasteiger charge is 2.17. The van der Waals surface area contributed by atoms with E-state index in [9.17, 15) is 4.79 Å². The lowest BCUT2D eigenvalue weighted by atomic mass is 10.1. The van der Waals surface area contributed by atoms with Gasteiger partial charge in [0.25, 0.3) is 0 Å². The molecule has 1 aromatic carbocycles. The summed E-state index contributed by atoms with van der Waals surface area (Å²) in [5.41, 5.74) is 3.31. The molecule has 1 aliphatic rings. The molecule has 2 aromatic rings. The lowest BCUT2D eigenvalue weighted by Gasteiger charge is -2.33. The number of piperazine rings is 1. The van der Waals surface area contributed by atoms with Gasteiger partial charge in [-0.05, 0) is 44.5 Å². The average molecular weight is 369 g/mol. The number of aromatic nitrogens is 3. The molecule has 1 fully saturated rings. The van der Waals surface area contributed by atoms with Crippen molar-refractivity contribution in [3.05, 3.63) is 30.0 Å². The quantitative estimate of drug-likeness (QED) is 0.749. The Hall–Kier alpha value is -2.90. The number of carbonyl (C=O) groups is 1. The fraction of sp³-hybridized carbons (Fsp3) is 0.474. The molecule has 8 heteroatoms. The van der Waals surface area contributed by atoms with Crippen LogP contribution in [-0.2, 0) is 4.79 Å². The minimum absolute atomic E-state index is 0.476. The normalized spacial score (nSPS) is 14.2. The van der Waals surface area contributed by atoms with Gasteiger partial charge in [-0.25, -0.2) is 0 Å². The second kappa shape index (κ2) is 8.66. The van der Waals surface area contributed by atoms with Crippen molar-refractivity contribution >= 4 is 29.6 Å². The number of nitrogens with one attached hydrogen (secondary N) is 1. The first-order valence-corrected chi connectivity index (χ1v) is 9.41. The number of rotatable bonds is 7. The van der Waals surface area contributed by atoms with Gasteiger partial charge in [0.2, 0.25) is 12.4 Å². The molecular formula is C19H27N7O. The van der Waals surface area contributed by atoms with Gasteiger partial charge in [0, 0.05) is 50.6 Å². The molecule has 0 radical (unpaired) electrons. The molecule has 3 rings (SSSR count). The molecule has 8 nitrogen and oxygen atoms in total. The van der Waals surface area contributed by atoms with Crippen molar-refractivity contribution in [2.24, 2.45) is 0 Å². The van der Waals surface area contributed by atoms with E-state index in [0.29, 0.717) is 19.0 Å². The number of anilines is 4. The maximum Gasteiger partial charge on any atom is 0.249 e. The molecule has 1 N–H and O–H groups in total. The third kappa shape index (κ3) is 4.45. The summed E-state index contributed by atoms with van der Waals surface area (Å²) in [5.74, 6) is 1.25. The summed E-state index contributed by atoms with van der Waals surface area (Å²) in [6, 6.07) is 6.34. The maximum atomic E-state index is 10.9. The van der Waals surface area contributed by atoms with Crippen molar-refractivity contribution in [1.29, 1.82) is 0 Å². The highest BCUT2D eigenvalue weighted by molar-refractivity contribution is 5.64. The Morgan fingerprint density at radius 1 is 1.19 bits per heavy atom. The van der Waals surface area contributed by atoms with Gasteiger partial charge in [0.15, 0.2) is 5.82 Å². The molecule has 1 aromatic heterocycles. The van der Waals surface area contributed by atoms with Gasteiger partial charge >= 0.3 is 0 Å². The third-order valence-electron chi connectivity index (χ3n) is 4.92. The SMILES string of the molecule is CCN(CC)c1ccc(Nc2nncc(N3CCN(C=O)CC3)n2)c(C)c1. The van der Waals surface area contributed by atoms with Crippen molar-refractivity contribution in [1.82, 2.24) is 20.1 Å². The molecule has 0 aliphatic carbocycles. The average Bonchev–Trinajstić information content (AvgIpc) is 2.71. The Labute approximate surface area is 160 Å². The highest BCUT2D eigenvalue weighted by atomic mass is 16.1. The predicted octanol–water partition coefficient (Wildman–Crippen LogP) is 2.05. The fourth-order valence-electron chi connectivity index (χ4n) is 3.25. The van der Waals surface area contributed by atoms with E-state index >= 15 is 0 Å². The Morgan fingerprint density at radius 2 is 1.93 bits per heavy atom. The highest BCUT2D eigenvalue weighted by Crippen LogP contribution is 2.25. The van der Waals surface area contributed by atoms with Gasteiger partial charge in [0.1, 0.15) is 0 Å². The number of hydrogen-bond donors (Lipinski definition) is 1. The monoisotopic (exact) mass is 369 g/mol. The van der Waals surface area contributed by atoms with Gasteiger partial charge < -0.3 is 20.0 Å². The second-order valence-corrected chi connectivity index (χ2v) is 6.56. The van der Waals surface area contributed by atoms with Crippen LogP contribution in [0.15, 0.2) is 24.4 Å². The van der Waals surface area contributed by atoms with Gasteiger partial charge in [-0.2, -0.15) is 10.1 Å². The first-order valence-electron chi connectivity index (χ1n) is 9.41. The van der Waals surface area contributed by atoms with Crippen LogP contribution in [-0.4, -0.2) is 65.8 Å². The predicted molar refractivity (Wildman–Crippen MR) is 108 cm³/mol. The second-order valence-electron chi connectivity index (χ2n) is 6.56. The number of amides is 1. The summed E-state index contributed by atoms with van der Waals surface area (Å²) in [6.45, 7) is 11.2. The topological polar surface area (TPSA) is 77.5 Å². The molecule has 27 heavy (non-hydrogen) atoms. The first kappa shape index (κ1) is 18.9. The van der Waals surface area contributed by atoms with Crippen molar-refractivity contribution in [3.8, 4) is 0 Å². The van der Waals surface area contributed by atoms with E-state index in [1.807, 2.05) is 0 Å². The molecule has 0 unspecified atom stereocenters. The summed E-state index contributed by atoms with van der Waals surface area (Å²) < 4.78 is 0. The Bertz CT molecular complexity index is 770. The van der Waals surface area contributed by atoms with Crippen LogP contribution in [0.1, 0.15) is 19.4 Å². The van der Waals surface area contributed by atoms with Crippen molar-refractivity contribution in [3.63, 3.8) is 0 Å². The Morgan fingerprint density at radius 3 is 2.56 bits per heavy atom. The Balaban J connectivity index is 1.72. The molecule has 2 heterocycles. The van der Waals surface area contributed by atoms with Crippen LogP contribution in [0.3, 0.4) is 0 Å². The minimum Gasteiger partial charge on any atom is -0.372 e. The molecule has 0 atom stereocenters. The van der Waals surface area contributed by atoms with Crippen LogP contribution in [0, 0.1) is 6.92 Å². The largest absolute Gasteiger partial charge is 0.372 e. The zero-order valence-electron chi connectivity index (χ0n) is 16.2. The summed E-state index contributed by atoms with van der Waals surface area (Å²) in [7, 11) is 0. The maximum absolute atomic E-state index is 10.9. The van der Waals surface area contributed by atoms with E-state index in [0.717, 1.165) is 49.7 Å². The summed E-state index contributed by atoms with van der Waals surface area (Å²) >= 11 is 0. The van der Waals surface area contributed by atoms with Crippen molar-refractivity contribution < 1.29 is 4.79 Å². The van der Waals surface area contributed by atoms with Gasteiger partial charge in [-0.1, -0.05) is 0 Å². The lowest BCUT2D eigenvalue weighted by molar-refractivity contribution is -0.118. The minimum atomic E-state index is 0.476. The first-order chi connectivity index (χ1) is 13.1. The molecule has 0 bridgehead atoms. The van der Waals surface area contributed by atoms with Gasteiger partial charge in [-0.15, -0.1) is 5.10 Å². The molecule has 1 saturated heterocycles. The van der Waals surface area contributed by atoms with Crippen molar-refractivity contribution in [2.45, 2.75) is 20.8 Å². The van der Waals surface area contributed by atoms with Crippen LogP contribution in [0.4, 0.5) is 23.1 Å². The van der Waals surface area contributed by atoms with Gasteiger partial charge in [0.05, 0.1) is 6.20 Å². The number of aryl methyl sites for hydroxylation is 1. The van der Waals surface area contributed by atoms with E-state index < -0.39 is 0 Å². The fourth-order valence-corrected chi connectivity index (χ4v) is 3.25. The number of benzene rings is 1. The van der Waals surface area contributed by atoms with Crippen molar-refractivity contribution in [2.75, 3.05) is 54.4 Å². The van der Waals surface area contributed by atoms with E-state index in [1.165, 1.54) is 5.69 Å². The number of hydrogen-bond acceptors (Lipinski definition) is 7. The molecule has 144 valence electrons. The van der Waals surface area contributed by atoms with Crippen LogP contribution in [0.25, 0.3) is 0 Å². The molecule has 1 amide bonds. The van der Waals surface area contributed by atoms with E-state index in [4.69, 9.17) is 0 Å².